The van der Waals surface area contributed by atoms with E-state index in [4.69, 9.17) is 5.26 Å². The molecule has 1 atom stereocenters. The fraction of sp³-hybridized carbons (Fsp3) is 0.190. The van der Waals surface area contributed by atoms with E-state index >= 15 is 0 Å². The molecule has 1 aliphatic rings. The van der Waals surface area contributed by atoms with Gasteiger partial charge < -0.3 is 10.2 Å². The quantitative estimate of drug-likeness (QED) is 0.450. The molecule has 2 amide bonds. The highest BCUT2D eigenvalue weighted by Gasteiger charge is 2.36. The van der Waals surface area contributed by atoms with Gasteiger partial charge in [-0.2, -0.15) is 5.26 Å². The van der Waals surface area contributed by atoms with E-state index in [0.717, 1.165) is 5.56 Å². The van der Waals surface area contributed by atoms with Gasteiger partial charge in [0.15, 0.2) is 4.34 Å². The van der Waals surface area contributed by atoms with Crippen molar-refractivity contribution in [1.29, 1.82) is 5.26 Å². The minimum Gasteiger partial charge on any atom is -0.309 e. The summed E-state index contributed by atoms with van der Waals surface area (Å²) in [6.07, 6.45) is 0.0132. The Morgan fingerprint density at radius 2 is 2.03 bits per heavy atom. The van der Waals surface area contributed by atoms with Crippen molar-refractivity contribution in [1.82, 2.24) is 10.2 Å². The molecule has 0 saturated carbocycles. The zero-order valence-corrected chi connectivity index (χ0v) is 17.8. The number of nitrogens with one attached hydrogen (secondary N) is 1. The molecule has 1 aromatic heterocycles. The summed E-state index contributed by atoms with van der Waals surface area (Å²) >= 11 is 2.72. The van der Waals surface area contributed by atoms with Crippen molar-refractivity contribution in [3.8, 4) is 6.07 Å². The monoisotopic (exact) mass is 453 g/mol. The molecule has 0 bridgehead atoms. The third-order valence-corrected chi connectivity index (χ3v) is 6.76. The molecule has 0 radical (unpaired) electrons. The molecule has 156 valence electrons. The first kappa shape index (κ1) is 21.0. The summed E-state index contributed by atoms with van der Waals surface area (Å²) < 4.78 is 14.7. The fourth-order valence-corrected chi connectivity index (χ4v) is 4.84. The maximum atomic E-state index is 14.0. The van der Waals surface area contributed by atoms with Gasteiger partial charge in [0.2, 0.25) is 16.9 Å². The lowest BCUT2D eigenvalue weighted by molar-refractivity contribution is -0.122. The Labute approximate surface area is 185 Å². The van der Waals surface area contributed by atoms with Crippen molar-refractivity contribution in [2.24, 2.45) is 5.92 Å². The third-order valence-electron chi connectivity index (χ3n) is 4.72. The number of thioether (sulfide) groups is 1. The molecule has 1 fully saturated rings. The summed E-state index contributed by atoms with van der Waals surface area (Å²) in [4.78, 5) is 26.2. The number of carbonyl (C=O) groups is 2. The van der Waals surface area contributed by atoms with E-state index in [-0.39, 0.29) is 30.5 Å². The molecule has 4 rings (SSSR count). The Kier molecular flexibility index (Phi) is 6.25. The predicted molar refractivity (Wildman–Crippen MR) is 116 cm³/mol. The number of hydrogen-bond donors (Lipinski definition) is 1. The van der Waals surface area contributed by atoms with Crippen molar-refractivity contribution in [3.63, 3.8) is 0 Å². The lowest BCUT2D eigenvalue weighted by Gasteiger charge is -2.17. The summed E-state index contributed by atoms with van der Waals surface area (Å²) in [6.45, 7) is 0.116. The van der Waals surface area contributed by atoms with Gasteiger partial charge in [0.1, 0.15) is 5.82 Å². The first-order chi connectivity index (χ1) is 15.0. The van der Waals surface area contributed by atoms with E-state index in [1.54, 1.807) is 24.3 Å². The molecule has 1 aliphatic heterocycles. The summed E-state index contributed by atoms with van der Waals surface area (Å²) in [7, 11) is 0. The number of para-hydroxylation sites is 1. The average molecular weight is 454 g/mol. The van der Waals surface area contributed by atoms with E-state index < -0.39 is 11.7 Å². The van der Waals surface area contributed by atoms with Crippen LogP contribution in [0.3, 0.4) is 0 Å². The van der Waals surface area contributed by atoms with Gasteiger partial charge in [0, 0.05) is 18.7 Å². The molecule has 3 aromatic rings. The van der Waals surface area contributed by atoms with Crippen molar-refractivity contribution in [2.75, 3.05) is 16.8 Å². The fourth-order valence-electron chi connectivity index (χ4n) is 3.13. The SMILES string of the molecule is N#Cc1ccc(CSc2nnc(NC(=O)[C@H]3CC(=O)N(c4ccccc4F)C3)s2)cc1. The Hall–Kier alpha value is -3.29. The summed E-state index contributed by atoms with van der Waals surface area (Å²) in [5, 5.41) is 20.0. The molecule has 2 heterocycles. The Morgan fingerprint density at radius 1 is 1.26 bits per heavy atom. The van der Waals surface area contributed by atoms with Crippen LogP contribution < -0.4 is 10.2 Å². The van der Waals surface area contributed by atoms with Crippen molar-refractivity contribution in [2.45, 2.75) is 16.5 Å². The van der Waals surface area contributed by atoms with Crippen LogP contribution in [0.25, 0.3) is 0 Å². The topological polar surface area (TPSA) is 99.0 Å². The van der Waals surface area contributed by atoms with Crippen LogP contribution >= 0.6 is 23.1 Å². The number of benzene rings is 2. The number of nitrogens with zero attached hydrogens (tertiary/aromatic N) is 4. The molecule has 1 saturated heterocycles. The van der Waals surface area contributed by atoms with Gasteiger partial charge in [-0.05, 0) is 29.8 Å². The maximum Gasteiger partial charge on any atom is 0.231 e. The summed E-state index contributed by atoms with van der Waals surface area (Å²) in [5.41, 5.74) is 1.83. The van der Waals surface area contributed by atoms with Crippen LogP contribution in [0.2, 0.25) is 0 Å². The van der Waals surface area contributed by atoms with Crippen LogP contribution in [0.5, 0.6) is 0 Å². The molecular weight excluding hydrogens is 437 g/mol. The zero-order chi connectivity index (χ0) is 21.8. The van der Waals surface area contributed by atoms with E-state index in [1.807, 2.05) is 12.1 Å². The van der Waals surface area contributed by atoms with Gasteiger partial charge >= 0.3 is 0 Å². The molecule has 10 heteroatoms. The zero-order valence-electron chi connectivity index (χ0n) is 16.1. The Morgan fingerprint density at radius 3 is 2.77 bits per heavy atom. The average Bonchev–Trinajstić information content (AvgIpc) is 3.39. The van der Waals surface area contributed by atoms with Gasteiger partial charge in [0.05, 0.1) is 23.2 Å². The first-order valence-corrected chi connectivity index (χ1v) is 11.1. The number of amides is 2. The largest absolute Gasteiger partial charge is 0.309 e. The second kappa shape index (κ2) is 9.24. The minimum absolute atomic E-state index is 0.0132. The molecule has 7 nitrogen and oxygen atoms in total. The number of anilines is 2. The molecule has 1 N–H and O–H groups in total. The normalized spacial score (nSPS) is 15.7. The minimum atomic E-state index is -0.592. The lowest BCUT2D eigenvalue weighted by atomic mass is 10.1. The van der Waals surface area contributed by atoms with Crippen molar-refractivity contribution in [3.05, 3.63) is 65.5 Å². The second-order valence-corrected chi connectivity index (χ2v) is 9.02. The van der Waals surface area contributed by atoms with Gasteiger partial charge in [-0.1, -0.05) is 47.4 Å². The van der Waals surface area contributed by atoms with Crippen LogP contribution in [0, 0.1) is 23.1 Å². The molecule has 2 aromatic carbocycles. The number of carbonyl (C=O) groups excluding carboxylic acids is 2. The summed E-state index contributed by atoms with van der Waals surface area (Å²) in [5.74, 6) is -1.06. The molecular formula is C21H16FN5O2S2. The van der Waals surface area contributed by atoms with Crippen LogP contribution in [0.4, 0.5) is 15.2 Å². The van der Waals surface area contributed by atoms with Crippen molar-refractivity contribution < 1.29 is 14.0 Å². The first-order valence-electron chi connectivity index (χ1n) is 9.34. The maximum absolute atomic E-state index is 14.0. The highest BCUT2D eigenvalue weighted by atomic mass is 32.2. The highest BCUT2D eigenvalue weighted by molar-refractivity contribution is 8.00. The van der Waals surface area contributed by atoms with Gasteiger partial charge in [0.25, 0.3) is 0 Å². The number of rotatable bonds is 6. The van der Waals surface area contributed by atoms with Gasteiger partial charge in [-0.15, -0.1) is 10.2 Å². The highest BCUT2D eigenvalue weighted by Crippen LogP contribution is 2.31. The Balaban J connectivity index is 1.33. The predicted octanol–water partition coefficient (Wildman–Crippen LogP) is 3.83. The van der Waals surface area contributed by atoms with Crippen LogP contribution in [-0.4, -0.2) is 28.6 Å². The smallest absolute Gasteiger partial charge is 0.231 e. The number of nitriles is 1. The van der Waals surface area contributed by atoms with Gasteiger partial charge in [-0.25, -0.2) is 4.39 Å². The Bertz CT molecular complexity index is 1160. The third kappa shape index (κ3) is 4.90. The van der Waals surface area contributed by atoms with Crippen LogP contribution in [0.1, 0.15) is 17.5 Å². The standard InChI is InChI=1S/C21H16FN5O2S2/c22-16-3-1-2-4-17(16)27-11-15(9-18(27)28)19(29)24-20-25-26-21(31-20)30-12-14-7-5-13(10-23)6-8-14/h1-8,15H,9,11-12H2,(H,24,25,29)/t15-/m0/s1. The van der Waals surface area contributed by atoms with Gasteiger partial charge in [-0.3, -0.25) is 9.59 Å². The van der Waals surface area contributed by atoms with E-state index in [0.29, 0.717) is 20.8 Å². The number of halogens is 1. The number of hydrogen-bond acceptors (Lipinski definition) is 7. The molecule has 0 aliphatic carbocycles. The lowest BCUT2D eigenvalue weighted by Crippen LogP contribution is -2.28. The van der Waals surface area contributed by atoms with Crippen LogP contribution in [0.15, 0.2) is 52.9 Å². The van der Waals surface area contributed by atoms with Crippen LogP contribution in [-0.2, 0) is 15.3 Å². The molecule has 0 unspecified atom stereocenters. The van der Waals surface area contributed by atoms with Crippen molar-refractivity contribution >= 4 is 45.7 Å². The summed E-state index contributed by atoms with van der Waals surface area (Å²) in [6, 6.07) is 15.4. The molecule has 31 heavy (non-hydrogen) atoms. The van der Waals surface area contributed by atoms with E-state index in [1.165, 1.54) is 40.1 Å². The van der Waals surface area contributed by atoms with E-state index in [2.05, 4.69) is 21.6 Å². The number of aromatic nitrogens is 2. The van der Waals surface area contributed by atoms with E-state index in [9.17, 15) is 14.0 Å². The molecule has 0 spiro atoms. The second-order valence-electron chi connectivity index (χ2n) is 6.82.